The zero-order chi connectivity index (χ0) is 13.9. The van der Waals surface area contributed by atoms with E-state index < -0.39 is 0 Å². The van der Waals surface area contributed by atoms with Crippen molar-refractivity contribution in [1.29, 1.82) is 0 Å². The molecule has 3 rings (SSSR count). The van der Waals surface area contributed by atoms with Crippen molar-refractivity contribution in [2.24, 2.45) is 0 Å². The first kappa shape index (κ1) is 13.3. The number of fused-ring (bicyclic) bond motifs is 1. The van der Waals surface area contributed by atoms with Gasteiger partial charge in [0.2, 0.25) is 0 Å². The summed E-state index contributed by atoms with van der Waals surface area (Å²) in [6.07, 6.45) is 1.07. The van der Waals surface area contributed by atoms with Gasteiger partial charge in [0, 0.05) is 25.1 Å². The highest BCUT2D eigenvalue weighted by atomic mass is 32.1. The standard InChI is InChI=1S/C14H17N3O2S/c1-2-19-10-7-8-17(9-10)14(18)15-13-11-5-3-4-6-12(11)20-16-13/h3-6,10H,2,7-9H2,1H3,(H,15,16,18)/t10-/m0/s1. The minimum atomic E-state index is -0.0942. The van der Waals surface area contributed by atoms with Gasteiger partial charge in [-0.2, -0.15) is 4.37 Å². The molecule has 106 valence electrons. The number of nitrogens with one attached hydrogen (secondary N) is 1. The predicted molar refractivity (Wildman–Crippen MR) is 80.2 cm³/mol. The van der Waals surface area contributed by atoms with Gasteiger partial charge in [0.1, 0.15) is 0 Å². The fourth-order valence-corrected chi connectivity index (χ4v) is 3.18. The van der Waals surface area contributed by atoms with Gasteiger partial charge in [-0.25, -0.2) is 4.79 Å². The monoisotopic (exact) mass is 291 g/mol. The molecule has 0 bridgehead atoms. The van der Waals surface area contributed by atoms with Gasteiger partial charge in [-0.05, 0) is 37.0 Å². The van der Waals surface area contributed by atoms with Crippen LogP contribution in [0.3, 0.4) is 0 Å². The molecule has 1 aromatic carbocycles. The Labute approximate surface area is 121 Å². The Bertz CT molecular complexity index is 613. The van der Waals surface area contributed by atoms with E-state index in [0.29, 0.717) is 19.0 Å². The summed E-state index contributed by atoms with van der Waals surface area (Å²) in [5.41, 5.74) is 0. The first-order valence-electron chi connectivity index (χ1n) is 6.80. The molecule has 0 unspecified atom stereocenters. The lowest BCUT2D eigenvalue weighted by Gasteiger charge is -2.16. The molecular formula is C14H17N3O2S. The molecule has 1 aliphatic heterocycles. The second-order valence-corrected chi connectivity index (χ2v) is 5.57. The summed E-state index contributed by atoms with van der Waals surface area (Å²) in [6.45, 7) is 4.06. The fourth-order valence-electron chi connectivity index (χ4n) is 2.44. The van der Waals surface area contributed by atoms with E-state index in [1.165, 1.54) is 11.5 Å². The zero-order valence-electron chi connectivity index (χ0n) is 11.3. The van der Waals surface area contributed by atoms with Crippen LogP contribution in [0.25, 0.3) is 10.1 Å². The Morgan fingerprint density at radius 2 is 2.40 bits per heavy atom. The SMILES string of the molecule is CCO[C@H]1CCN(C(=O)Nc2nsc3ccccc23)C1. The van der Waals surface area contributed by atoms with Crippen molar-refractivity contribution in [2.75, 3.05) is 25.0 Å². The summed E-state index contributed by atoms with van der Waals surface area (Å²) >= 11 is 1.40. The lowest BCUT2D eigenvalue weighted by molar-refractivity contribution is 0.0716. The molecule has 2 heterocycles. The van der Waals surface area contributed by atoms with Gasteiger partial charge < -0.3 is 9.64 Å². The molecule has 0 spiro atoms. The van der Waals surface area contributed by atoms with E-state index in [1.807, 2.05) is 31.2 Å². The van der Waals surface area contributed by atoms with Crippen LogP contribution in [0.2, 0.25) is 0 Å². The summed E-state index contributed by atoms with van der Waals surface area (Å²) in [5.74, 6) is 0.649. The normalized spacial score (nSPS) is 18.6. The highest BCUT2D eigenvalue weighted by Crippen LogP contribution is 2.26. The summed E-state index contributed by atoms with van der Waals surface area (Å²) in [4.78, 5) is 14.0. The number of rotatable bonds is 3. The number of carbonyl (C=O) groups excluding carboxylic acids is 1. The summed E-state index contributed by atoms with van der Waals surface area (Å²) in [5, 5.41) is 3.89. The number of hydrogen-bond donors (Lipinski definition) is 1. The molecule has 1 aromatic heterocycles. The van der Waals surface area contributed by atoms with Crippen LogP contribution in [-0.4, -0.2) is 41.1 Å². The first-order chi connectivity index (χ1) is 9.78. The first-order valence-corrected chi connectivity index (χ1v) is 7.57. The molecule has 20 heavy (non-hydrogen) atoms. The third-order valence-electron chi connectivity index (χ3n) is 3.44. The van der Waals surface area contributed by atoms with Crippen molar-refractivity contribution in [2.45, 2.75) is 19.4 Å². The Balaban J connectivity index is 1.67. The molecule has 1 saturated heterocycles. The van der Waals surface area contributed by atoms with E-state index in [1.54, 1.807) is 4.90 Å². The highest BCUT2D eigenvalue weighted by molar-refractivity contribution is 7.13. The summed E-state index contributed by atoms with van der Waals surface area (Å²) < 4.78 is 10.9. The van der Waals surface area contributed by atoms with Gasteiger partial charge in [-0.15, -0.1) is 0 Å². The average Bonchev–Trinajstić information content (AvgIpc) is 3.07. The predicted octanol–water partition coefficient (Wildman–Crippen LogP) is 2.94. The van der Waals surface area contributed by atoms with Gasteiger partial charge in [-0.3, -0.25) is 5.32 Å². The highest BCUT2D eigenvalue weighted by Gasteiger charge is 2.27. The van der Waals surface area contributed by atoms with Gasteiger partial charge >= 0.3 is 6.03 Å². The third kappa shape index (κ3) is 2.62. The van der Waals surface area contributed by atoms with E-state index in [-0.39, 0.29) is 12.1 Å². The van der Waals surface area contributed by atoms with Gasteiger partial charge in [0.05, 0.1) is 10.8 Å². The number of urea groups is 1. The number of nitrogens with zero attached hydrogens (tertiary/aromatic N) is 2. The van der Waals surface area contributed by atoms with Crippen LogP contribution in [-0.2, 0) is 4.74 Å². The quantitative estimate of drug-likeness (QED) is 0.946. The summed E-state index contributed by atoms with van der Waals surface area (Å²) in [6, 6.07) is 7.81. The molecule has 6 heteroatoms. The number of carbonyl (C=O) groups is 1. The van der Waals surface area contributed by atoms with Crippen LogP contribution in [0.4, 0.5) is 10.6 Å². The second-order valence-electron chi connectivity index (χ2n) is 4.77. The Hall–Kier alpha value is -1.66. The van der Waals surface area contributed by atoms with E-state index in [2.05, 4.69) is 9.69 Å². The Kier molecular flexibility index (Phi) is 3.84. The van der Waals surface area contributed by atoms with Crippen LogP contribution in [0.15, 0.2) is 24.3 Å². The van der Waals surface area contributed by atoms with E-state index in [9.17, 15) is 4.79 Å². The number of amides is 2. The number of aromatic nitrogens is 1. The minimum Gasteiger partial charge on any atom is -0.377 e. The topological polar surface area (TPSA) is 54.5 Å². The van der Waals surface area contributed by atoms with Crippen molar-refractivity contribution >= 4 is 33.5 Å². The number of likely N-dealkylation sites (tertiary alicyclic amines) is 1. The van der Waals surface area contributed by atoms with Crippen LogP contribution >= 0.6 is 11.5 Å². The zero-order valence-corrected chi connectivity index (χ0v) is 12.2. The van der Waals surface area contributed by atoms with Crippen LogP contribution in [0.1, 0.15) is 13.3 Å². The van der Waals surface area contributed by atoms with Crippen molar-refractivity contribution < 1.29 is 9.53 Å². The second kappa shape index (κ2) is 5.76. The molecule has 2 aromatic rings. The van der Waals surface area contributed by atoms with Crippen LogP contribution in [0, 0.1) is 0 Å². The van der Waals surface area contributed by atoms with Gasteiger partial charge in [0.25, 0.3) is 0 Å². The van der Waals surface area contributed by atoms with Crippen molar-refractivity contribution in [3.8, 4) is 0 Å². The number of hydrogen-bond acceptors (Lipinski definition) is 4. The largest absolute Gasteiger partial charge is 0.377 e. The fraction of sp³-hybridized carbons (Fsp3) is 0.429. The molecule has 1 fully saturated rings. The molecular weight excluding hydrogens is 274 g/mol. The number of ether oxygens (including phenoxy) is 1. The lowest BCUT2D eigenvalue weighted by atomic mass is 10.3. The molecule has 1 atom stereocenters. The molecule has 1 N–H and O–H groups in total. The number of benzene rings is 1. The van der Waals surface area contributed by atoms with E-state index >= 15 is 0 Å². The molecule has 0 saturated carbocycles. The van der Waals surface area contributed by atoms with Gasteiger partial charge in [0.15, 0.2) is 5.82 Å². The van der Waals surface area contributed by atoms with Crippen LogP contribution in [0.5, 0.6) is 0 Å². The van der Waals surface area contributed by atoms with Crippen LogP contribution < -0.4 is 5.32 Å². The van der Waals surface area contributed by atoms with Gasteiger partial charge in [-0.1, -0.05) is 12.1 Å². The summed E-state index contributed by atoms with van der Waals surface area (Å²) in [7, 11) is 0. The van der Waals surface area contributed by atoms with E-state index in [0.717, 1.165) is 23.1 Å². The van der Waals surface area contributed by atoms with Crippen molar-refractivity contribution in [3.05, 3.63) is 24.3 Å². The Morgan fingerprint density at radius 1 is 1.55 bits per heavy atom. The van der Waals surface area contributed by atoms with E-state index in [4.69, 9.17) is 4.74 Å². The number of anilines is 1. The molecule has 0 aliphatic carbocycles. The Morgan fingerprint density at radius 3 is 3.25 bits per heavy atom. The minimum absolute atomic E-state index is 0.0942. The molecule has 5 nitrogen and oxygen atoms in total. The van der Waals surface area contributed by atoms with Crippen molar-refractivity contribution in [1.82, 2.24) is 9.27 Å². The average molecular weight is 291 g/mol. The maximum absolute atomic E-state index is 12.2. The molecule has 1 aliphatic rings. The molecule has 2 amide bonds. The molecule has 0 radical (unpaired) electrons. The van der Waals surface area contributed by atoms with Crippen molar-refractivity contribution in [3.63, 3.8) is 0 Å². The lowest BCUT2D eigenvalue weighted by Crippen LogP contribution is -2.34. The third-order valence-corrected chi connectivity index (χ3v) is 4.26. The maximum Gasteiger partial charge on any atom is 0.323 e. The smallest absolute Gasteiger partial charge is 0.323 e. The maximum atomic E-state index is 12.2.